The minimum absolute atomic E-state index is 0.122. The van der Waals surface area contributed by atoms with Crippen molar-refractivity contribution in [2.24, 2.45) is 0 Å². The predicted octanol–water partition coefficient (Wildman–Crippen LogP) is 2.32. The molecule has 19 heavy (non-hydrogen) atoms. The van der Waals surface area contributed by atoms with E-state index >= 15 is 0 Å². The number of aliphatic hydroxyl groups is 1. The minimum Gasteiger partial charge on any atom is -0.389 e. The number of halogens is 1. The maximum atomic E-state index is 13.5. The van der Waals surface area contributed by atoms with Gasteiger partial charge in [-0.25, -0.2) is 4.39 Å². The Labute approximate surface area is 114 Å². The van der Waals surface area contributed by atoms with Crippen molar-refractivity contribution in [1.29, 1.82) is 0 Å². The molecule has 0 heterocycles. The number of ether oxygens (including phenoxy) is 1. The summed E-state index contributed by atoms with van der Waals surface area (Å²) in [6.07, 6.45) is -0.401. The highest BCUT2D eigenvalue weighted by Gasteiger charge is 2.07. The first kappa shape index (κ1) is 16.1. The molecular formula is C15H24FNO2. The number of rotatable bonds is 7. The molecule has 1 aromatic rings. The molecule has 0 radical (unpaired) electrons. The van der Waals surface area contributed by atoms with E-state index in [1.54, 1.807) is 13.8 Å². The molecule has 1 unspecified atom stereocenters. The third kappa shape index (κ3) is 5.68. The van der Waals surface area contributed by atoms with E-state index in [2.05, 4.69) is 5.32 Å². The van der Waals surface area contributed by atoms with E-state index in [1.165, 1.54) is 0 Å². The van der Waals surface area contributed by atoms with E-state index in [0.717, 1.165) is 5.56 Å². The normalized spacial score (nSPS) is 13.0. The van der Waals surface area contributed by atoms with Gasteiger partial charge in [0.1, 0.15) is 5.82 Å². The highest BCUT2D eigenvalue weighted by atomic mass is 19.1. The van der Waals surface area contributed by atoms with E-state index in [-0.39, 0.29) is 11.9 Å². The number of nitrogens with one attached hydrogen (secondary N) is 1. The lowest BCUT2D eigenvalue weighted by Crippen LogP contribution is -2.31. The second-order valence-electron chi connectivity index (χ2n) is 5.21. The Morgan fingerprint density at radius 1 is 1.26 bits per heavy atom. The van der Waals surface area contributed by atoms with Crippen molar-refractivity contribution in [1.82, 2.24) is 5.32 Å². The summed E-state index contributed by atoms with van der Waals surface area (Å²) in [4.78, 5) is 0. The van der Waals surface area contributed by atoms with Crippen LogP contribution in [-0.4, -0.2) is 30.5 Å². The van der Waals surface area contributed by atoms with Crippen molar-refractivity contribution in [3.8, 4) is 0 Å². The first-order valence-electron chi connectivity index (χ1n) is 6.66. The highest BCUT2D eigenvalue weighted by molar-refractivity contribution is 5.30. The molecule has 0 spiro atoms. The molecule has 0 amide bonds. The zero-order chi connectivity index (χ0) is 14.4. The van der Waals surface area contributed by atoms with Crippen LogP contribution in [0.5, 0.6) is 0 Å². The lowest BCUT2D eigenvalue weighted by molar-refractivity contribution is 0.00630. The van der Waals surface area contributed by atoms with Gasteiger partial charge >= 0.3 is 0 Å². The van der Waals surface area contributed by atoms with Crippen LogP contribution in [-0.2, 0) is 11.3 Å². The summed E-state index contributed by atoms with van der Waals surface area (Å²) >= 11 is 0. The van der Waals surface area contributed by atoms with Crippen LogP contribution in [0, 0.1) is 19.7 Å². The van der Waals surface area contributed by atoms with Gasteiger partial charge < -0.3 is 15.2 Å². The molecule has 0 fully saturated rings. The van der Waals surface area contributed by atoms with Gasteiger partial charge in [-0.3, -0.25) is 0 Å². The standard InChI is InChI=1S/C15H24FNO2/c1-10(2)19-9-14(18)8-17-7-13-5-11(3)15(16)12(4)6-13/h5-6,10,14,17-18H,7-9H2,1-4H3. The number of aryl methyl sites for hydroxylation is 2. The summed E-state index contributed by atoms with van der Waals surface area (Å²) < 4.78 is 18.8. The van der Waals surface area contributed by atoms with E-state index in [1.807, 2.05) is 26.0 Å². The Morgan fingerprint density at radius 3 is 2.37 bits per heavy atom. The van der Waals surface area contributed by atoms with Crippen LogP contribution in [0.1, 0.15) is 30.5 Å². The van der Waals surface area contributed by atoms with Gasteiger partial charge in [-0.15, -0.1) is 0 Å². The Kier molecular flexibility index (Phi) is 6.42. The average Bonchev–Trinajstić information content (AvgIpc) is 2.33. The lowest BCUT2D eigenvalue weighted by Gasteiger charge is -2.14. The topological polar surface area (TPSA) is 41.5 Å². The van der Waals surface area contributed by atoms with Crippen LogP contribution in [0.4, 0.5) is 4.39 Å². The molecule has 0 aliphatic heterocycles. The number of hydrogen-bond acceptors (Lipinski definition) is 3. The fraction of sp³-hybridized carbons (Fsp3) is 0.600. The lowest BCUT2D eigenvalue weighted by atomic mass is 10.1. The van der Waals surface area contributed by atoms with E-state index in [0.29, 0.717) is 30.8 Å². The number of benzene rings is 1. The molecule has 1 atom stereocenters. The van der Waals surface area contributed by atoms with Gasteiger partial charge in [0.05, 0.1) is 18.8 Å². The van der Waals surface area contributed by atoms with E-state index in [9.17, 15) is 9.50 Å². The summed E-state index contributed by atoms with van der Waals surface area (Å²) in [6.45, 7) is 8.79. The van der Waals surface area contributed by atoms with Crippen LogP contribution in [0.3, 0.4) is 0 Å². The zero-order valence-corrected chi connectivity index (χ0v) is 12.2. The molecule has 0 bridgehead atoms. The Morgan fingerprint density at radius 2 is 1.84 bits per heavy atom. The minimum atomic E-state index is -0.523. The maximum absolute atomic E-state index is 13.5. The van der Waals surface area contributed by atoms with E-state index < -0.39 is 6.10 Å². The Balaban J connectivity index is 2.37. The van der Waals surface area contributed by atoms with Crippen LogP contribution < -0.4 is 5.32 Å². The van der Waals surface area contributed by atoms with Crippen molar-refractivity contribution in [3.63, 3.8) is 0 Å². The molecule has 4 heteroatoms. The van der Waals surface area contributed by atoms with Gasteiger partial charge in [0.25, 0.3) is 0 Å². The molecule has 1 rings (SSSR count). The predicted molar refractivity (Wildman–Crippen MR) is 74.7 cm³/mol. The largest absolute Gasteiger partial charge is 0.389 e. The highest BCUT2D eigenvalue weighted by Crippen LogP contribution is 2.14. The summed E-state index contributed by atoms with van der Waals surface area (Å²) in [6, 6.07) is 3.65. The fourth-order valence-electron chi connectivity index (χ4n) is 1.88. The van der Waals surface area contributed by atoms with Crippen LogP contribution in [0.25, 0.3) is 0 Å². The Hall–Kier alpha value is -0.970. The molecule has 0 aromatic heterocycles. The summed E-state index contributed by atoms with van der Waals surface area (Å²) in [5, 5.41) is 12.8. The first-order chi connectivity index (χ1) is 8.90. The monoisotopic (exact) mass is 269 g/mol. The molecule has 0 aliphatic carbocycles. The third-order valence-electron chi connectivity index (χ3n) is 2.83. The van der Waals surface area contributed by atoms with Gasteiger partial charge in [-0.1, -0.05) is 12.1 Å². The molecule has 2 N–H and O–H groups in total. The summed E-state index contributed by atoms with van der Waals surface area (Å²) in [7, 11) is 0. The number of aliphatic hydroxyl groups excluding tert-OH is 1. The Bertz CT molecular complexity index is 384. The van der Waals surface area contributed by atoms with Crippen LogP contribution in [0.15, 0.2) is 12.1 Å². The maximum Gasteiger partial charge on any atom is 0.129 e. The average molecular weight is 269 g/mol. The quantitative estimate of drug-likeness (QED) is 0.798. The van der Waals surface area contributed by atoms with Crippen molar-refractivity contribution >= 4 is 0 Å². The molecule has 3 nitrogen and oxygen atoms in total. The SMILES string of the molecule is Cc1cc(CNCC(O)COC(C)C)cc(C)c1F. The van der Waals surface area contributed by atoms with Gasteiger partial charge in [-0.2, -0.15) is 0 Å². The van der Waals surface area contributed by atoms with Crippen molar-refractivity contribution < 1.29 is 14.2 Å². The second kappa shape index (κ2) is 7.58. The summed E-state index contributed by atoms with van der Waals surface area (Å²) in [5.74, 6) is -0.144. The number of hydrogen-bond donors (Lipinski definition) is 2. The van der Waals surface area contributed by atoms with Gasteiger partial charge in [0.2, 0.25) is 0 Å². The van der Waals surface area contributed by atoms with Gasteiger partial charge in [0, 0.05) is 13.1 Å². The molecule has 1 aromatic carbocycles. The molecule has 108 valence electrons. The molecule has 0 saturated carbocycles. The third-order valence-corrected chi connectivity index (χ3v) is 2.83. The zero-order valence-electron chi connectivity index (χ0n) is 12.2. The summed E-state index contributed by atoms with van der Waals surface area (Å²) in [5.41, 5.74) is 2.33. The first-order valence-corrected chi connectivity index (χ1v) is 6.66. The van der Waals surface area contributed by atoms with E-state index in [4.69, 9.17) is 4.74 Å². The van der Waals surface area contributed by atoms with Crippen LogP contribution in [0.2, 0.25) is 0 Å². The second-order valence-corrected chi connectivity index (χ2v) is 5.21. The van der Waals surface area contributed by atoms with Gasteiger partial charge in [0.15, 0.2) is 0 Å². The van der Waals surface area contributed by atoms with Gasteiger partial charge in [-0.05, 0) is 44.4 Å². The van der Waals surface area contributed by atoms with Crippen LogP contribution >= 0.6 is 0 Å². The molecule has 0 saturated heterocycles. The fourth-order valence-corrected chi connectivity index (χ4v) is 1.88. The van der Waals surface area contributed by atoms with Crippen molar-refractivity contribution in [3.05, 3.63) is 34.6 Å². The van der Waals surface area contributed by atoms with Crippen molar-refractivity contribution in [2.75, 3.05) is 13.2 Å². The van der Waals surface area contributed by atoms with Crippen molar-refractivity contribution in [2.45, 2.75) is 46.4 Å². The smallest absolute Gasteiger partial charge is 0.129 e. The molecular weight excluding hydrogens is 245 g/mol. The molecule has 0 aliphatic rings.